The van der Waals surface area contributed by atoms with Gasteiger partial charge in [0.25, 0.3) is 0 Å². The summed E-state index contributed by atoms with van der Waals surface area (Å²) < 4.78 is 6.78. The second-order valence-electron chi connectivity index (χ2n) is 17.0. The van der Waals surface area contributed by atoms with Gasteiger partial charge in [0.1, 0.15) is 11.5 Å². The van der Waals surface area contributed by atoms with Crippen LogP contribution in [-0.4, -0.2) is 29.9 Å². The molecule has 3 heterocycles. The molecule has 11 aromatic rings. The quantitative estimate of drug-likeness (QED) is 0.158. The van der Waals surface area contributed by atoms with Crippen molar-refractivity contribution < 1.29 is 4.74 Å². The smallest absolute Gasteiger partial charge is 0.164 e. The van der Waals surface area contributed by atoms with Gasteiger partial charge in [0.05, 0.1) is 5.41 Å². The van der Waals surface area contributed by atoms with Gasteiger partial charge in [-0.2, -0.15) is 0 Å². The molecule has 0 saturated heterocycles. The number of hydrogen-bond acceptors (Lipinski definition) is 7. The Labute approximate surface area is 393 Å². The molecular formula is C61H38N6O. The van der Waals surface area contributed by atoms with Crippen molar-refractivity contribution in [3.63, 3.8) is 0 Å². The van der Waals surface area contributed by atoms with E-state index in [1.165, 1.54) is 0 Å². The van der Waals surface area contributed by atoms with Crippen molar-refractivity contribution in [2.75, 3.05) is 0 Å². The Morgan fingerprint density at radius 1 is 0.250 bits per heavy atom. The molecule has 1 spiro atoms. The molecule has 0 unspecified atom stereocenters. The van der Waals surface area contributed by atoms with Gasteiger partial charge < -0.3 is 4.74 Å². The van der Waals surface area contributed by atoms with E-state index in [1.54, 1.807) is 0 Å². The average molecular weight is 871 g/mol. The van der Waals surface area contributed by atoms with Gasteiger partial charge in [-0.25, -0.2) is 29.9 Å². The summed E-state index contributed by atoms with van der Waals surface area (Å²) in [6.07, 6.45) is 0. The molecule has 1 aliphatic carbocycles. The summed E-state index contributed by atoms with van der Waals surface area (Å²) in [5, 5.41) is 0. The van der Waals surface area contributed by atoms with Gasteiger partial charge in [-0.3, -0.25) is 0 Å². The normalized spacial score (nSPS) is 12.6. The largest absolute Gasteiger partial charge is 0.457 e. The maximum atomic E-state index is 6.78. The minimum absolute atomic E-state index is 0.594. The van der Waals surface area contributed by atoms with E-state index in [-0.39, 0.29) is 0 Å². The zero-order valence-electron chi connectivity index (χ0n) is 36.5. The number of nitrogens with zero attached hydrogens (tertiary/aromatic N) is 6. The molecule has 2 aliphatic rings. The fourth-order valence-corrected chi connectivity index (χ4v) is 10.1. The predicted molar refractivity (Wildman–Crippen MR) is 269 cm³/mol. The van der Waals surface area contributed by atoms with E-state index in [1.807, 2.05) is 133 Å². The van der Waals surface area contributed by atoms with E-state index < -0.39 is 5.41 Å². The fraction of sp³-hybridized carbons (Fsp3) is 0.0164. The molecule has 2 aromatic heterocycles. The van der Waals surface area contributed by atoms with Crippen LogP contribution in [0.15, 0.2) is 231 Å². The molecular weight excluding hydrogens is 833 g/mol. The molecule has 0 radical (unpaired) electrons. The van der Waals surface area contributed by atoms with Crippen LogP contribution in [0, 0.1) is 0 Å². The van der Waals surface area contributed by atoms with E-state index in [2.05, 4.69) is 97.1 Å². The first-order valence-corrected chi connectivity index (χ1v) is 22.7. The highest BCUT2D eigenvalue weighted by atomic mass is 16.5. The number of rotatable bonds is 7. The Morgan fingerprint density at radius 2 is 0.588 bits per heavy atom. The Bertz CT molecular complexity index is 3530. The summed E-state index contributed by atoms with van der Waals surface area (Å²) in [5.41, 5.74) is 13.4. The van der Waals surface area contributed by atoms with Crippen molar-refractivity contribution in [1.29, 1.82) is 0 Å². The van der Waals surface area contributed by atoms with Crippen LogP contribution in [0.2, 0.25) is 0 Å². The number of fused-ring (bicyclic) bond motifs is 9. The van der Waals surface area contributed by atoms with E-state index in [9.17, 15) is 0 Å². The van der Waals surface area contributed by atoms with Gasteiger partial charge in [0, 0.05) is 44.5 Å². The minimum Gasteiger partial charge on any atom is -0.457 e. The van der Waals surface area contributed by atoms with Crippen molar-refractivity contribution in [1.82, 2.24) is 29.9 Å². The molecule has 1 aliphatic heterocycles. The fourth-order valence-electron chi connectivity index (χ4n) is 10.1. The molecule has 7 heteroatoms. The van der Waals surface area contributed by atoms with Crippen molar-refractivity contribution in [3.05, 3.63) is 253 Å². The van der Waals surface area contributed by atoms with E-state index in [4.69, 9.17) is 34.6 Å². The summed E-state index contributed by atoms with van der Waals surface area (Å²) in [6, 6.07) is 79.2. The van der Waals surface area contributed by atoms with Crippen LogP contribution in [0.25, 0.3) is 90.6 Å². The highest BCUT2D eigenvalue weighted by molar-refractivity contribution is 5.99. The Balaban J connectivity index is 1.04. The Kier molecular flexibility index (Phi) is 9.25. The second-order valence-corrected chi connectivity index (χ2v) is 17.0. The average Bonchev–Trinajstić information content (AvgIpc) is 3.72. The number of aromatic nitrogens is 6. The summed E-state index contributed by atoms with van der Waals surface area (Å²) in [7, 11) is 0. The van der Waals surface area contributed by atoms with E-state index in [0.717, 1.165) is 89.4 Å². The predicted octanol–water partition coefficient (Wildman–Crippen LogP) is 14.2. The molecule has 0 N–H and O–H groups in total. The molecule has 9 aromatic carbocycles. The maximum Gasteiger partial charge on any atom is 0.164 e. The third kappa shape index (κ3) is 6.36. The molecule has 0 bridgehead atoms. The lowest BCUT2D eigenvalue weighted by atomic mass is 9.65. The Hall–Kier alpha value is -9.20. The molecule has 318 valence electrons. The summed E-state index contributed by atoms with van der Waals surface area (Å²) >= 11 is 0. The molecule has 68 heavy (non-hydrogen) atoms. The molecule has 0 fully saturated rings. The first-order valence-electron chi connectivity index (χ1n) is 22.7. The third-order valence-corrected chi connectivity index (χ3v) is 13.1. The minimum atomic E-state index is -0.804. The lowest BCUT2D eigenvalue weighted by Gasteiger charge is -2.40. The molecule has 0 amide bonds. The van der Waals surface area contributed by atoms with Crippen molar-refractivity contribution >= 4 is 0 Å². The van der Waals surface area contributed by atoms with Gasteiger partial charge in [-0.15, -0.1) is 0 Å². The van der Waals surface area contributed by atoms with Gasteiger partial charge in [-0.1, -0.05) is 218 Å². The summed E-state index contributed by atoms with van der Waals surface area (Å²) in [4.78, 5) is 30.7. The second kappa shape index (κ2) is 16.0. The van der Waals surface area contributed by atoms with Crippen molar-refractivity contribution in [2.45, 2.75) is 5.41 Å². The monoisotopic (exact) mass is 870 g/mol. The van der Waals surface area contributed by atoms with Crippen LogP contribution in [0.4, 0.5) is 0 Å². The van der Waals surface area contributed by atoms with Crippen LogP contribution in [0.3, 0.4) is 0 Å². The molecule has 0 atom stereocenters. The highest BCUT2D eigenvalue weighted by Gasteiger charge is 2.53. The van der Waals surface area contributed by atoms with Crippen LogP contribution in [0.5, 0.6) is 11.5 Å². The summed E-state index contributed by atoms with van der Waals surface area (Å²) in [6.45, 7) is 0. The van der Waals surface area contributed by atoms with Gasteiger partial charge >= 0.3 is 0 Å². The SMILES string of the molecule is c1ccc(-c2nc(-c3ccccc3)nc(-c3ccc(-c4cccc5c4-c4cccc(-c6nc(-c7ccccc7)nc(-c7ccccc7)n6)c4C54c5ccccc5Oc5ccccc54)cc3)n2)cc1. The molecule has 7 nitrogen and oxygen atoms in total. The van der Waals surface area contributed by atoms with Crippen LogP contribution >= 0.6 is 0 Å². The Morgan fingerprint density at radius 3 is 1.06 bits per heavy atom. The van der Waals surface area contributed by atoms with Crippen LogP contribution in [-0.2, 0) is 5.41 Å². The third-order valence-electron chi connectivity index (χ3n) is 13.1. The van der Waals surface area contributed by atoms with Gasteiger partial charge in [0.15, 0.2) is 34.9 Å². The van der Waals surface area contributed by atoms with Crippen molar-refractivity contribution in [3.8, 4) is 102 Å². The standard InChI is InChI=1S/C61H38N6O/c1-5-19-40(20-6-1)55-62-56(41-21-7-2-8-22-41)64-59(63-55)44-37-35-39(36-38-44)45-27-18-32-50-53(45)46-28-17-29-47(54(46)61(50)48-30-13-15-33-51(48)68-52-34-16-14-31-49(52)61)60-66-57(42-23-9-3-10-24-42)65-58(67-60)43-25-11-4-12-26-43/h1-38H. The van der Waals surface area contributed by atoms with E-state index >= 15 is 0 Å². The van der Waals surface area contributed by atoms with E-state index in [0.29, 0.717) is 34.9 Å². The topological polar surface area (TPSA) is 86.6 Å². The first-order chi connectivity index (χ1) is 33.7. The molecule has 13 rings (SSSR count). The lowest BCUT2D eigenvalue weighted by molar-refractivity contribution is 0.436. The summed E-state index contributed by atoms with van der Waals surface area (Å²) in [5.74, 6) is 5.28. The zero-order chi connectivity index (χ0) is 45.0. The maximum absolute atomic E-state index is 6.78. The zero-order valence-corrected chi connectivity index (χ0v) is 36.5. The number of ether oxygens (including phenoxy) is 1. The lowest BCUT2D eigenvalue weighted by Crippen LogP contribution is -2.32. The van der Waals surface area contributed by atoms with Gasteiger partial charge in [0.2, 0.25) is 0 Å². The van der Waals surface area contributed by atoms with Gasteiger partial charge in [-0.05, 0) is 45.5 Å². The number of benzene rings is 9. The molecule has 0 saturated carbocycles. The number of hydrogen-bond donors (Lipinski definition) is 0. The first kappa shape index (κ1) is 39.2. The number of para-hydroxylation sites is 2. The van der Waals surface area contributed by atoms with Crippen LogP contribution < -0.4 is 4.74 Å². The van der Waals surface area contributed by atoms with Crippen molar-refractivity contribution in [2.24, 2.45) is 0 Å². The highest BCUT2D eigenvalue weighted by Crippen LogP contribution is 2.65. The van der Waals surface area contributed by atoms with Crippen LogP contribution in [0.1, 0.15) is 22.3 Å².